The van der Waals surface area contributed by atoms with Crippen LogP contribution in [0.15, 0.2) is 24.3 Å². The van der Waals surface area contributed by atoms with Crippen molar-refractivity contribution in [3.05, 3.63) is 33.4 Å². The molecule has 0 bridgehead atoms. The number of hydrogen-bond acceptors (Lipinski definition) is 3. The van der Waals surface area contributed by atoms with Crippen LogP contribution in [0, 0.1) is 3.57 Å². The summed E-state index contributed by atoms with van der Waals surface area (Å²) in [5.74, 6) is 0.201. The minimum Gasteiger partial charge on any atom is -0.396 e. The standard InChI is InChI=1S/C15H20INO2/c16-13-7-5-12(6-8-13)15(19)11-17-9-1-3-14(17)4-2-10-18/h5-8,14,18H,1-4,9-11H2. The molecule has 1 N–H and O–H groups in total. The third-order valence-corrected chi connectivity index (χ3v) is 4.43. The Morgan fingerprint density at radius 2 is 2.11 bits per heavy atom. The van der Waals surface area contributed by atoms with Crippen LogP contribution in [0.1, 0.15) is 36.0 Å². The number of likely N-dealkylation sites (tertiary alicyclic amines) is 1. The fourth-order valence-electron chi connectivity index (χ4n) is 2.67. The summed E-state index contributed by atoms with van der Waals surface area (Å²) in [4.78, 5) is 14.5. The van der Waals surface area contributed by atoms with E-state index in [-0.39, 0.29) is 12.4 Å². The molecular weight excluding hydrogens is 353 g/mol. The Hall–Kier alpha value is -0.460. The van der Waals surface area contributed by atoms with Crippen molar-refractivity contribution in [2.75, 3.05) is 19.7 Å². The van der Waals surface area contributed by atoms with Crippen molar-refractivity contribution in [3.63, 3.8) is 0 Å². The maximum Gasteiger partial charge on any atom is 0.176 e. The first kappa shape index (κ1) is 14.9. The van der Waals surface area contributed by atoms with Gasteiger partial charge in [0.1, 0.15) is 0 Å². The lowest BCUT2D eigenvalue weighted by molar-refractivity contribution is 0.0916. The predicted octanol–water partition coefficient (Wildman–Crippen LogP) is 2.71. The van der Waals surface area contributed by atoms with Gasteiger partial charge in [0.2, 0.25) is 0 Å². The van der Waals surface area contributed by atoms with Crippen LogP contribution in [0.4, 0.5) is 0 Å². The van der Waals surface area contributed by atoms with Gasteiger partial charge in [-0.3, -0.25) is 9.69 Å². The van der Waals surface area contributed by atoms with E-state index in [9.17, 15) is 4.79 Å². The molecule has 1 atom stereocenters. The number of hydrogen-bond donors (Lipinski definition) is 1. The van der Waals surface area contributed by atoms with E-state index in [0.717, 1.165) is 41.4 Å². The number of nitrogens with zero attached hydrogens (tertiary/aromatic N) is 1. The number of aliphatic hydroxyl groups is 1. The van der Waals surface area contributed by atoms with Crippen molar-refractivity contribution in [3.8, 4) is 0 Å². The minimum atomic E-state index is 0.201. The number of benzene rings is 1. The van der Waals surface area contributed by atoms with Crippen molar-refractivity contribution >= 4 is 28.4 Å². The van der Waals surface area contributed by atoms with Crippen LogP contribution < -0.4 is 0 Å². The normalized spacial score (nSPS) is 19.8. The van der Waals surface area contributed by atoms with Crippen molar-refractivity contribution < 1.29 is 9.90 Å². The summed E-state index contributed by atoms with van der Waals surface area (Å²) in [6.07, 6.45) is 4.14. The lowest BCUT2D eigenvalue weighted by Gasteiger charge is -2.23. The summed E-state index contributed by atoms with van der Waals surface area (Å²) in [6.45, 7) is 1.76. The van der Waals surface area contributed by atoms with Crippen LogP contribution in [-0.2, 0) is 0 Å². The molecule has 1 aliphatic heterocycles. The fourth-order valence-corrected chi connectivity index (χ4v) is 3.03. The molecule has 0 aromatic heterocycles. The van der Waals surface area contributed by atoms with E-state index < -0.39 is 0 Å². The summed E-state index contributed by atoms with van der Waals surface area (Å²) in [7, 11) is 0. The Morgan fingerprint density at radius 1 is 1.37 bits per heavy atom. The zero-order valence-electron chi connectivity index (χ0n) is 11.0. The van der Waals surface area contributed by atoms with E-state index in [2.05, 4.69) is 27.5 Å². The van der Waals surface area contributed by atoms with Gasteiger partial charge in [-0.1, -0.05) is 12.1 Å². The molecule has 0 saturated carbocycles. The van der Waals surface area contributed by atoms with Gasteiger partial charge in [-0.2, -0.15) is 0 Å². The highest BCUT2D eigenvalue weighted by Gasteiger charge is 2.25. The van der Waals surface area contributed by atoms with Gasteiger partial charge in [-0.15, -0.1) is 0 Å². The van der Waals surface area contributed by atoms with Crippen LogP contribution in [0.2, 0.25) is 0 Å². The van der Waals surface area contributed by atoms with Gasteiger partial charge in [0.25, 0.3) is 0 Å². The highest BCUT2D eigenvalue weighted by Crippen LogP contribution is 2.21. The number of rotatable bonds is 6. The maximum atomic E-state index is 12.2. The molecule has 1 heterocycles. The average Bonchev–Trinajstić information content (AvgIpc) is 2.84. The molecule has 0 radical (unpaired) electrons. The maximum absolute atomic E-state index is 12.2. The van der Waals surface area contributed by atoms with Gasteiger partial charge in [-0.05, 0) is 67.0 Å². The second kappa shape index (κ2) is 7.36. The van der Waals surface area contributed by atoms with E-state index in [1.54, 1.807) is 0 Å². The molecule has 19 heavy (non-hydrogen) atoms. The van der Waals surface area contributed by atoms with Gasteiger partial charge in [0.15, 0.2) is 5.78 Å². The van der Waals surface area contributed by atoms with Crippen molar-refractivity contribution in [2.45, 2.75) is 31.7 Å². The van der Waals surface area contributed by atoms with Crippen molar-refractivity contribution in [1.29, 1.82) is 0 Å². The first-order valence-corrected chi connectivity index (χ1v) is 7.92. The Labute approximate surface area is 128 Å². The molecule has 0 amide bonds. The predicted molar refractivity (Wildman–Crippen MR) is 84.4 cm³/mol. The van der Waals surface area contributed by atoms with E-state index in [0.29, 0.717) is 12.6 Å². The number of aliphatic hydroxyl groups excluding tert-OH is 1. The molecule has 1 fully saturated rings. The van der Waals surface area contributed by atoms with Crippen molar-refractivity contribution in [2.24, 2.45) is 0 Å². The molecule has 4 heteroatoms. The number of halogens is 1. The lowest BCUT2D eigenvalue weighted by Crippen LogP contribution is -2.34. The minimum absolute atomic E-state index is 0.201. The van der Waals surface area contributed by atoms with Crippen LogP contribution in [-0.4, -0.2) is 41.5 Å². The van der Waals surface area contributed by atoms with E-state index >= 15 is 0 Å². The van der Waals surface area contributed by atoms with Gasteiger partial charge in [0.05, 0.1) is 6.54 Å². The van der Waals surface area contributed by atoms with Crippen LogP contribution in [0.25, 0.3) is 0 Å². The first-order valence-electron chi connectivity index (χ1n) is 6.84. The molecule has 3 nitrogen and oxygen atoms in total. The third-order valence-electron chi connectivity index (χ3n) is 3.71. The van der Waals surface area contributed by atoms with Crippen LogP contribution in [0.5, 0.6) is 0 Å². The lowest BCUT2D eigenvalue weighted by atomic mass is 10.1. The molecule has 0 aliphatic carbocycles. The Kier molecular flexibility index (Phi) is 5.78. The molecule has 104 valence electrons. The first-order chi connectivity index (χ1) is 9.20. The number of carbonyl (C=O) groups excluding carboxylic acids is 1. The topological polar surface area (TPSA) is 40.5 Å². The third kappa shape index (κ3) is 4.26. The average molecular weight is 373 g/mol. The molecule has 1 aliphatic rings. The second-order valence-electron chi connectivity index (χ2n) is 5.06. The van der Waals surface area contributed by atoms with Gasteiger partial charge in [-0.25, -0.2) is 0 Å². The quantitative estimate of drug-likeness (QED) is 0.616. The molecule has 1 unspecified atom stereocenters. The number of ketones is 1. The highest BCUT2D eigenvalue weighted by atomic mass is 127. The van der Waals surface area contributed by atoms with E-state index in [4.69, 9.17) is 5.11 Å². The Bertz CT molecular complexity index is 419. The van der Waals surface area contributed by atoms with Gasteiger partial charge in [0, 0.05) is 21.8 Å². The SMILES string of the molecule is O=C(CN1CCCC1CCCO)c1ccc(I)cc1. The Balaban J connectivity index is 1.92. The second-order valence-corrected chi connectivity index (χ2v) is 6.31. The molecule has 1 saturated heterocycles. The molecule has 1 aromatic carbocycles. The zero-order chi connectivity index (χ0) is 13.7. The summed E-state index contributed by atoms with van der Waals surface area (Å²) < 4.78 is 1.15. The number of carbonyl (C=O) groups is 1. The van der Waals surface area contributed by atoms with E-state index in [1.807, 2.05) is 24.3 Å². The summed E-state index contributed by atoms with van der Waals surface area (Å²) in [5.41, 5.74) is 0.799. The summed E-state index contributed by atoms with van der Waals surface area (Å²) in [6, 6.07) is 8.23. The molecule has 2 rings (SSSR count). The number of Topliss-reactive ketones (excluding diaryl/α,β-unsaturated/α-hetero) is 1. The van der Waals surface area contributed by atoms with Crippen LogP contribution >= 0.6 is 22.6 Å². The highest BCUT2D eigenvalue weighted by molar-refractivity contribution is 14.1. The molecule has 0 spiro atoms. The molecular formula is C15H20INO2. The van der Waals surface area contributed by atoms with Crippen LogP contribution in [0.3, 0.4) is 0 Å². The van der Waals surface area contributed by atoms with Crippen molar-refractivity contribution in [1.82, 2.24) is 4.90 Å². The molecule has 1 aromatic rings. The fraction of sp³-hybridized carbons (Fsp3) is 0.533. The Morgan fingerprint density at radius 3 is 2.79 bits per heavy atom. The smallest absolute Gasteiger partial charge is 0.176 e. The summed E-state index contributed by atoms with van der Waals surface area (Å²) in [5, 5.41) is 8.91. The van der Waals surface area contributed by atoms with Gasteiger partial charge < -0.3 is 5.11 Å². The van der Waals surface area contributed by atoms with E-state index in [1.165, 1.54) is 0 Å². The van der Waals surface area contributed by atoms with Gasteiger partial charge >= 0.3 is 0 Å². The zero-order valence-corrected chi connectivity index (χ0v) is 13.2. The largest absolute Gasteiger partial charge is 0.396 e. The monoisotopic (exact) mass is 373 g/mol. The summed E-state index contributed by atoms with van der Waals surface area (Å²) >= 11 is 2.24.